The number of fused-ring (bicyclic) bond motifs is 6. The number of hydrogen-bond donors (Lipinski definition) is 0. The molecule has 0 spiro atoms. The van der Waals surface area contributed by atoms with Gasteiger partial charge in [-0.05, 0) is 123 Å². The van der Waals surface area contributed by atoms with E-state index < -0.39 is 0 Å². The molecule has 12 rings (SSSR count). The highest BCUT2D eigenvalue weighted by atomic mass is 15.0. The lowest BCUT2D eigenvalue weighted by molar-refractivity contribution is 1.15. The van der Waals surface area contributed by atoms with Crippen LogP contribution in [0.5, 0.6) is 0 Å². The molecular weight excluding hydrogens is 881 g/mol. The summed E-state index contributed by atoms with van der Waals surface area (Å²) in [6.07, 6.45) is 3.58. The Morgan fingerprint density at radius 3 is 1.04 bits per heavy atom. The van der Waals surface area contributed by atoms with Crippen molar-refractivity contribution in [3.05, 3.63) is 252 Å². The standard InChI is InChI=1S/C64H34N8/c1-67-51-20-12-44(13-21-51)49-18-25-54-53-24-16-47(42-8-4-40(38-65)5-9-42)32-59(53)71(60(54)33-49)63-37-58(69-3)64(36-57(63)46-28-30-70-31-29-46)72-61-34-48(43-10-6-41(39-66)7-11-43)17-26-55(61)56-27-19-50(35-62(56)72)45-14-22-52(68-2)23-15-45/h4-37H. The van der Waals surface area contributed by atoms with Crippen LogP contribution >= 0.6 is 0 Å². The van der Waals surface area contributed by atoms with E-state index >= 15 is 0 Å². The fourth-order valence-electron chi connectivity index (χ4n) is 9.99. The molecule has 0 saturated carbocycles. The van der Waals surface area contributed by atoms with Crippen LogP contribution in [0.3, 0.4) is 0 Å². The summed E-state index contributed by atoms with van der Waals surface area (Å²) >= 11 is 0. The minimum atomic E-state index is 0.432. The van der Waals surface area contributed by atoms with E-state index in [0.29, 0.717) is 33.9 Å². The van der Waals surface area contributed by atoms with E-state index in [0.717, 1.165) is 105 Å². The van der Waals surface area contributed by atoms with Crippen molar-refractivity contribution in [3.63, 3.8) is 0 Å². The number of aromatic nitrogens is 3. The van der Waals surface area contributed by atoms with E-state index in [1.807, 2.05) is 115 Å². The van der Waals surface area contributed by atoms with Gasteiger partial charge in [-0.15, -0.1) is 0 Å². The lowest BCUT2D eigenvalue weighted by atomic mass is 10.0. The van der Waals surface area contributed by atoms with Gasteiger partial charge in [-0.3, -0.25) is 4.98 Å². The molecule has 8 heteroatoms. The smallest absolute Gasteiger partial charge is 0.212 e. The molecule has 330 valence electrons. The van der Waals surface area contributed by atoms with Gasteiger partial charge in [0.25, 0.3) is 0 Å². The molecule has 12 aromatic rings. The Balaban J connectivity index is 1.17. The van der Waals surface area contributed by atoms with Crippen LogP contribution in [0, 0.1) is 42.4 Å². The van der Waals surface area contributed by atoms with Gasteiger partial charge >= 0.3 is 0 Å². The van der Waals surface area contributed by atoms with Crippen molar-refractivity contribution in [1.29, 1.82) is 10.5 Å². The van der Waals surface area contributed by atoms with E-state index in [-0.39, 0.29) is 0 Å². The third-order valence-corrected chi connectivity index (χ3v) is 13.6. The summed E-state index contributed by atoms with van der Waals surface area (Å²) in [6, 6.07) is 68.8. The zero-order valence-electron chi connectivity index (χ0n) is 38.2. The molecule has 0 aliphatic heterocycles. The van der Waals surface area contributed by atoms with Gasteiger partial charge in [0.05, 0.1) is 70.7 Å². The van der Waals surface area contributed by atoms with Crippen molar-refractivity contribution in [3.8, 4) is 79.1 Å². The number of rotatable bonds is 7. The van der Waals surface area contributed by atoms with Crippen LogP contribution in [0.25, 0.3) is 125 Å². The Bertz CT molecular complexity index is 4160. The Labute approximate surface area is 414 Å². The second kappa shape index (κ2) is 17.4. The number of nitriles is 2. The van der Waals surface area contributed by atoms with Gasteiger partial charge in [-0.2, -0.15) is 10.5 Å². The molecule has 0 aliphatic rings. The van der Waals surface area contributed by atoms with Crippen LogP contribution in [-0.2, 0) is 0 Å². The lowest BCUT2D eigenvalue weighted by Crippen LogP contribution is -2.02. The fourth-order valence-corrected chi connectivity index (χ4v) is 9.99. The first-order chi connectivity index (χ1) is 35.4. The van der Waals surface area contributed by atoms with Gasteiger partial charge in [0.2, 0.25) is 5.69 Å². The maximum atomic E-state index is 9.60. The van der Waals surface area contributed by atoms with E-state index in [1.54, 1.807) is 12.4 Å². The van der Waals surface area contributed by atoms with Crippen molar-refractivity contribution in [2.75, 3.05) is 0 Å². The summed E-state index contributed by atoms with van der Waals surface area (Å²) in [5.74, 6) is 0. The highest BCUT2D eigenvalue weighted by Crippen LogP contribution is 2.45. The molecule has 0 amide bonds. The molecule has 0 atom stereocenters. The maximum Gasteiger partial charge on any atom is 0.212 e. The van der Waals surface area contributed by atoms with E-state index in [2.05, 4.69) is 120 Å². The third-order valence-electron chi connectivity index (χ3n) is 13.6. The SMILES string of the molecule is [C-]#[N+]c1ccc(-c2ccc3c4ccc(-c5ccc(C#N)cc5)cc4n(-c4cc(-c5ccncc5)c(-n5c6cc(-c7ccc(C#N)cc7)ccc6c6ccc(-c7ccc([N+]#[C-])cc7)cc65)cc4[N+]#[C-])c3c2)cc1. The summed E-state index contributed by atoms with van der Waals surface area (Å²) in [5.41, 5.74) is 17.4. The Kier molecular flexibility index (Phi) is 10.3. The minimum absolute atomic E-state index is 0.432. The second-order valence-corrected chi connectivity index (χ2v) is 17.5. The van der Waals surface area contributed by atoms with Gasteiger partial charge in [0.1, 0.15) is 0 Å². The summed E-state index contributed by atoms with van der Waals surface area (Å²) < 4.78 is 4.47. The summed E-state index contributed by atoms with van der Waals surface area (Å²) in [7, 11) is 0. The van der Waals surface area contributed by atoms with Gasteiger partial charge in [-0.1, -0.05) is 121 Å². The molecule has 72 heavy (non-hydrogen) atoms. The zero-order valence-corrected chi connectivity index (χ0v) is 38.2. The van der Waals surface area contributed by atoms with Crippen LogP contribution in [0.4, 0.5) is 17.1 Å². The van der Waals surface area contributed by atoms with Crippen LogP contribution in [0.1, 0.15) is 11.1 Å². The number of nitrogens with zero attached hydrogens (tertiary/aromatic N) is 8. The number of hydrogen-bond acceptors (Lipinski definition) is 3. The average Bonchev–Trinajstić information content (AvgIpc) is 3.96. The van der Waals surface area contributed by atoms with Crippen LogP contribution < -0.4 is 0 Å². The van der Waals surface area contributed by atoms with Crippen molar-refractivity contribution < 1.29 is 0 Å². The molecule has 0 bridgehead atoms. The largest absolute Gasteiger partial charge is 0.319 e. The molecule has 0 radical (unpaired) electrons. The molecule has 8 nitrogen and oxygen atoms in total. The highest BCUT2D eigenvalue weighted by Gasteiger charge is 2.23. The van der Waals surface area contributed by atoms with Gasteiger partial charge < -0.3 is 9.13 Å². The Morgan fingerprint density at radius 2 is 0.694 bits per heavy atom. The summed E-state index contributed by atoms with van der Waals surface area (Å²) in [4.78, 5) is 16.0. The minimum Gasteiger partial charge on any atom is -0.319 e. The van der Waals surface area contributed by atoms with E-state index in [1.165, 1.54) is 0 Å². The van der Waals surface area contributed by atoms with Crippen LogP contribution in [0.15, 0.2) is 207 Å². The predicted octanol–water partition coefficient (Wildman–Crippen LogP) is 17.0. The lowest BCUT2D eigenvalue weighted by Gasteiger charge is -2.19. The van der Waals surface area contributed by atoms with Crippen molar-refractivity contribution in [2.24, 2.45) is 0 Å². The van der Waals surface area contributed by atoms with E-state index in [9.17, 15) is 10.5 Å². The summed E-state index contributed by atoms with van der Waals surface area (Å²) in [6.45, 7) is 24.1. The first-order valence-corrected chi connectivity index (χ1v) is 23.0. The molecule has 9 aromatic carbocycles. The van der Waals surface area contributed by atoms with Crippen LogP contribution in [0.2, 0.25) is 0 Å². The molecule has 0 unspecified atom stereocenters. The van der Waals surface area contributed by atoms with Crippen molar-refractivity contribution >= 4 is 60.7 Å². The quantitative estimate of drug-likeness (QED) is 0.149. The fraction of sp³-hybridized carbons (Fsp3) is 0. The summed E-state index contributed by atoms with van der Waals surface area (Å²) in [5, 5.41) is 23.3. The highest BCUT2D eigenvalue weighted by molar-refractivity contribution is 6.14. The van der Waals surface area contributed by atoms with Crippen molar-refractivity contribution in [1.82, 2.24) is 14.1 Å². The number of benzene rings is 9. The molecule has 0 N–H and O–H groups in total. The molecule has 0 fully saturated rings. The van der Waals surface area contributed by atoms with Crippen molar-refractivity contribution in [2.45, 2.75) is 0 Å². The second-order valence-electron chi connectivity index (χ2n) is 17.5. The molecule has 0 saturated heterocycles. The molecule has 3 heterocycles. The van der Waals surface area contributed by atoms with Crippen LogP contribution in [-0.4, -0.2) is 14.1 Å². The third kappa shape index (κ3) is 7.17. The Morgan fingerprint density at radius 1 is 0.347 bits per heavy atom. The predicted molar refractivity (Wildman–Crippen MR) is 288 cm³/mol. The monoisotopic (exact) mass is 914 g/mol. The molecule has 0 aliphatic carbocycles. The average molecular weight is 915 g/mol. The van der Waals surface area contributed by atoms with Gasteiger partial charge in [0, 0.05) is 45.2 Å². The first kappa shape index (κ1) is 42.5. The zero-order chi connectivity index (χ0) is 48.9. The Hall–Kier alpha value is -10.8. The first-order valence-electron chi connectivity index (χ1n) is 23.0. The van der Waals surface area contributed by atoms with Gasteiger partial charge in [0.15, 0.2) is 11.4 Å². The molecule has 3 aromatic heterocycles. The van der Waals surface area contributed by atoms with E-state index in [4.69, 9.17) is 19.7 Å². The van der Waals surface area contributed by atoms with Gasteiger partial charge in [-0.25, -0.2) is 14.5 Å². The normalized spacial score (nSPS) is 11.0. The maximum absolute atomic E-state index is 9.60. The topological polar surface area (TPSA) is 83.4 Å². The number of pyridine rings is 1. The molecular formula is C64H34N8.